The summed E-state index contributed by atoms with van der Waals surface area (Å²) in [5.41, 5.74) is 3.57. The molecule has 1 aliphatic rings. The fourth-order valence-electron chi connectivity index (χ4n) is 2.51. The number of esters is 1. The lowest BCUT2D eigenvalue weighted by Crippen LogP contribution is -2.05. The van der Waals surface area contributed by atoms with Gasteiger partial charge in [0.15, 0.2) is 0 Å². The standard InChI is InChI=1S/C17H18N2O3S/c1-3-22-17(21)16-14(11-4-5-11)15(19-23-16)12-6-8-13(9-7-12)18-10(2)20/h6-9,11H,3-5H2,1-2H3,(H,18,20). The van der Waals surface area contributed by atoms with Gasteiger partial charge in [0.25, 0.3) is 0 Å². The Morgan fingerprint density at radius 2 is 2.00 bits per heavy atom. The van der Waals surface area contributed by atoms with Crippen molar-refractivity contribution in [3.63, 3.8) is 0 Å². The third kappa shape index (κ3) is 3.42. The van der Waals surface area contributed by atoms with Crippen LogP contribution in [0.15, 0.2) is 24.3 Å². The van der Waals surface area contributed by atoms with Crippen molar-refractivity contribution in [1.82, 2.24) is 4.37 Å². The topological polar surface area (TPSA) is 68.3 Å². The van der Waals surface area contributed by atoms with E-state index in [-0.39, 0.29) is 11.9 Å². The Hall–Kier alpha value is -2.21. The van der Waals surface area contributed by atoms with E-state index in [0.29, 0.717) is 17.4 Å². The summed E-state index contributed by atoms with van der Waals surface area (Å²) in [6.45, 7) is 3.64. The molecule has 6 heteroatoms. The van der Waals surface area contributed by atoms with Gasteiger partial charge in [-0.2, -0.15) is 4.37 Å². The first-order chi connectivity index (χ1) is 11.1. The zero-order valence-electron chi connectivity index (χ0n) is 13.1. The number of carbonyl (C=O) groups excluding carboxylic acids is 2. The van der Waals surface area contributed by atoms with E-state index < -0.39 is 0 Å². The monoisotopic (exact) mass is 330 g/mol. The molecule has 1 amide bonds. The summed E-state index contributed by atoms with van der Waals surface area (Å²) in [4.78, 5) is 23.8. The van der Waals surface area contributed by atoms with Crippen molar-refractivity contribution in [2.75, 3.05) is 11.9 Å². The average Bonchev–Trinajstić information content (AvgIpc) is 3.26. The van der Waals surface area contributed by atoms with Crippen LogP contribution in [-0.2, 0) is 9.53 Å². The Kier molecular flexibility index (Phi) is 4.43. The molecule has 3 rings (SSSR count). The average molecular weight is 330 g/mol. The van der Waals surface area contributed by atoms with Crippen molar-refractivity contribution in [2.24, 2.45) is 0 Å². The molecule has 1 fully saturated rings. The minimum atomic E-state index is -0.284. The van der Waals surface area contributed by atoms with Crippen LogP contribution in [0.1, 0.15) is 47.8 Å². The van der Waals surface area contributed by atoms with Crippen LogP contribution in [0.3, 0.4) is 0 Å². The molecule has 23 heavy (non-hydrogen) atoms. The van der Waals surface area contributed by atoms with Crippen LogP contribution >= 0.6 is 11.5 Å². The van der Waals surface area contributed by atoms with Crippen molar-refractivity contribution in [1.29, 1.82) is 0 Å². The molecule has 1 saturated carbocycles. The molecule has 0 spiro atoms. The summed E-state index contributed by atoms with van der Waals surface area (Å²) in [5.74, 6) is 0.0147. The second-order valence-electron chi connectivity index (χ2n) is 5.53. The second-order valence-corrected chi connectivity index (χ2v) is 6.30. The lowest BCUT2D eigenvalue weighted by atomic mass is 10.0. The Labute approximate surface area is 138 Å². The molecule has 2 aromatic rings. The maximum atomic E-state index is 12.1. The smallest absolute Gasteiger partial charge is 0.350 e. The maximum Gasteiger partial charge on any atom is 0.350 e. The van der Waals surface area contributed by atoms with Crippen LogP contribution in [-0.4, -0.2) is 22.9 Å². The van der Waals surface area contributed by atoms with Crippen molar-refractivity contribution in [2.45, 2.75) is 32.6 Å². The zero-order chi connectivity index (χ0) is 16.4. The van der Waals surface area contributed by atoms with Gasteiger partial charge >= 0.3 is 5.97 Å². The van der Waals surface area contributed by atoms with E-state index in [1.807, 2.05) is 24.3 Å². The van der Waals surface area contributed by atoms with Gasteiger partial charge in [-0.05, 0) is 49.3 Å². The first kappa shape index (κ1) is 15.7. The maximum absolute atomic E-state index is 12.1. The van der Waals surface area contributed by atoms with E-state index >= 15 is 0 Å². The van der Waals surface area contributed by atoms with Crippen molar-refractivity contribution in [3.8, 4) is 11.3 Å². The van der Waals surface area contributed by atoms with Crippen molar-refractivity contribution < 1.29 is 14.3 Å². The summed E-state index contributed by atoms with van der Waals surface area (Å²) in [7, 11) is 0. The number of benzene rings is 1. The van der Waals surface area contributed by atoms with Gasteiger partial charge in [0.05, 0.1) is 12.3 Å². The predicted molar refractivity (Wildman–Crippen MR) is 89.8 cm³/mol. The molecule has 0 saturated heterocycles. The number of carbonyl (C=O) groups is 2. The summed E-state index contributed by atoms with van der Waals surface area (Å²) in [6.07, 6.45) is 2.17. The number of nitrogens with zero attached hydrogens (tertiary/aromatic N) is 1. The molecular weight excluding hydrogens is 312 g/mol. The summed E-state index contributed by atoms with van der Waals surface area (Å²) >= 11 is 1.21. The largest absolute Gasteiger partial charge is 0.462 e. The molecular formula is C17H18N2O3S. The van der Waals surface area contributed by atoms with Crippen LogP contribution < -0.4 is 5.32 Å². The van der Waals surface area contributed by atoms with Gasteiger partial charge in [0.1, 0.15) is 4.88 Å². The highest BCUT2D eigenvalue weighted by Gasteiger charge is 2.34. The van der Waals surface area contributed by atoms with E-state index in [0.717, 1.165) is 35.3 Å². The molecule has 0 radical (unpaired) electrons. The number of nitrogens with one attached hydrogen (secondary N) is 1. The van der Waals surface area contributed by atoms with E-state index in [9.17, 15) is 9.59 Å². The lowest BCUT2D eigenvalue weighted by Gasteiger charge is -2.06. The third-order valence-electron chi connectivity index (χ3n) is 3.65. The molecule has 120 valence electrons. The molecule has 1 heterocycles. The molecule has 0 bridgehead atoms. The fraction of sp³-hybridized carbons (Fsp3) is 0.353. The molecule has 0 aliphatic heterocycles. The highest BCUT2D eigenvalue weighted by Crippen LogP contribution is 2.47. The van der Waals surface area contributed by atoms with Crippen molar-refractivity contribution >= 4 is 29.1 Å². The number of ether oxygens (including phenoxy) is 1. The SMILES string of the molecule is CCOC(=O)c1snc(-c2ccc(NC(C)=O)cc2)c1C1CC1. The summed E-state index contributed by atoms with van der Waals surface area (Å²) < 4.78 is 9.64. The summed E-state index contributed by atoms with van der Waals surface area (Å²) in [6, 6.07) is 7.52. The van der Waals surface area contributed by atoms with Gasteiger partial charge in [0, 0.05) is 23.7 Å². The molecule has 0 atom stereocenters. The molecule has 1 aromatic carbocycles. The fourth-order valence-corrected chi connectivity index (χ4v) is 3.40. The van der Waals surface area contributed by atoms with Gasteiger partial charge in [0.2, 0.25) is 5.91 Å². The van der Waals surface area contributed by atoms with Gasteiger partial charge in [-0.15, -0.1) is 0 Å². The second kappa shape index (κ2) is 6.50. The summed E-state index contributed by atoms with van der Waals surface area (Å²) in [5, 5.41) is 2.74. The Morgan fingerprint density at radius 3 is 2.57 bits per heavy atom. The van der Waals surface area contributed by atoms with Crippen LogP contribution in [0.25, 0.3) is 11.3 Å². The number of hydrogen-bond donors (Lipinski definition) is 1. The molecule has 1 aliphatic carbocycles. The van der Waals surface area contributed by atoms with E-state index in [4.69, 9.17) is 4.74 Å². The lowest BCUT2D eigenvalue weighted by molar-refractivity contribution is -0.114. The number of anilines is 1. The molecule has 0 unspecified atom stereocenters. The van der Waals surface area contributed by atoms with Crippen LogP contribution in [0.5, 0.6) is 0 Å². The Morgan fingerprint density at radius 1 is 1.30 bits per heavy atom. The number of aromatic nitrogens is 1. The van der Waals surface area contributed by atoms with Crippen LogP contribution in [0, 0.1) is 0 Å². The number of amides is 1. The predicted octanol–water partition coefficient (Wildman–Crippen LogP) is 3.82. The number of rotatable bonds is 5. The first-order valence-corrected chi connectivity index (χ1v) is 8.42. The van der Waals surface area contributed by atoms with Crippen LogP contribution in [0.4, 0.5) is 5.69 Å². The molecule has 5 nitrogen and oxygen atoms in total. The van der Waals surface area contributed by atoms with Crippen molar-refractivity contribution in [3.05, 3.63) is 34.7 Å². The Balaban J connectivity index is 1.93. The third-order valence-corrected chi connectivity index (χ3v) is 4.50. The van der Waals surface area contributed by atoms with E-state index in [1.165, 1.54) is 18.5 Å². The minimum absolute atomic E-state index is 0.102. The van der Waals surface area contributed by atoms with Gasteiger partial charge in [-0.3, -0.25) is 4.79 Å². The van der Waals surface area contributed by atoms with E-state index in [2.05, 4.69) is 9.69 Å². The normalized spacial score (nSPS) is 13.7. The number of hydrogen-bond acceptors (Lipinski definition) is 5. The van der Waals surface area contributed by atoms with Crippen LogP contribution in [0.2, 0.25) is 0 Å². The van der Waals surface area contributed by atoms with Gasteiger partial charge in [-0.25, -0.2) is 4.79 Å². The minimum Gasteiger partial charge on any atom is -0.462 e. The highest BCUT2D eigenvalue weighted by atomic mass is 32.1. The highest BCUT2D eigenvalue weighted by molar-refractivity contribution is 7.08. The Bertz CT molecular complexity index is 733. The zero-order valence-corrected chi connectivity index (χ0v) is 13.9. The molecule has 1 aromatic heterocycles. The van der Waals surface area contributed by atoms with Gasteiger partial charge < -0.3 is 10.1 Å². The quantitative estimate of drug-likeness (QED) is 0.846. The van der Waals surface area contributed by atoms with E-state index in [1.54, 1.807) is 6.92 Å². The van der Waals surface area contributed by atoms with Gasteiger partial charge in [-0.1, -0.05) is 12.1 Å². The molecule has 1 N–H and O–H groups in total. The first-order valence-electron chi connectivity index (χ1n) is 7.64.